The van der Waals surface area contributed by atoms with Crippen LogP contribution < -0.4 is 4.74 Å². The molecule has 1 atom stereocenters. The Hall–Kier alpha value is -1.27. The first kappa shape index (κ1) is 22.9. The van der Waals surface area contributed by atoms with Crippen molar-refractivity contribution in [2.24, 2.45) is 17.8 Å². The summed E-state index contributed by atoms with van der Waals surface area (Å²) in [6.07, 6.45) is 7.37. The fourth-order valence-electron chi connectivity index (χ4n) is 4.80. The number of halogens is 1. The summed E-state index contributed by atoms with van der Waals surface area (Å²) >= 11 is 3.73. The normalized spacial score (nSPS) is 23.3. The second-order valence-corrected chi connectivity index (χ2v) is 10.8. The Balaban J connectivity index is 1.19. The first-order valence-corrected chi connectivity index (χ1v) is 12.8. The maximum atomic E-state index is 12.0. The fourth-order valence-corrected chi connectivity index (χ4v) is 5.21. The molecule has 6 heteroatoms. The second-order valence-electron chi connectivity index (χ2n) is 9.99. The van der Waals surface area contributed by atoms with Crippen LogP contribution in [0.4, 0.5) is 4.79 Å². The molecule has 31 heavy (non-hydrogen) atoms. The lowest BCUT2D eigenvalue weighted by atomic mass is 9.90. The van der Waals surface area contributed by atoms with Gasteiger partial charge in [-0.05, 0) is 108 Å². The van der Waals surface area contributed by atoms with Crippen molar-refractivity contribution in [2.45, 2.75) is 58.5 Å². The lowest BCUT2D eigenvalue weighted by Gasteiger charge is -2.35. The zero-order valence-electron chi connectivity index (χ0n) is 19.0. The highest BCUT2D eigenvalue weighted by molar-refractivity contribution is 9.10. The quantitative estimate of drug-likeness (QED) is 0.465. The first-order chi connectivity index (χ1) is 15.0. The van der Waals surface area contributed by atoms with Gasteiger partial charge < -0.3 is 19.3 Å². The molecule has 1 saturated carbocycles. The number of amides is 1. The van der Waals surface area contributed by atoms with Gasteiger partial charge in [0.2, 0.25) is 0 Å². The summed E-state index contributed by atoms with van der Waals surface area (Å²) in [5, 5.41) is 0. The number of likely N-dealkylation sites (tertiary alicyclic amines) is 1. The Labute approximate surface area is 195 Å². The van der Waals surface area contributed by atoms with Crippen molar-refractivity contribution in [2.75, 3.05) is 39.3 Å². The van der Waals surface area contributed by atoms with Gasteiger partial charge in [-0.1, -0.05) is 15.9 Å². The molecule has 2 saturated heterocycles. The van der Waals surface area contributed by atoms with E-state index in [2.05, 4.69) is 46.8 Å². The smallest absolute Gasteiger partial charge is 0.409 e. The van der Waals surface area contributed by atoms with Crippen LogP contribution in [0, 0.1) is 17.8 Å². The summed E-state index contributed by atoms with van der Waals surface area (Å²) in [5.41, 5.74) is 1.36. The highest BCUT2D eigenvalue weighted by Crippen LogP contribution is 2.32. The zero-order chi connectivity index (χ0) is 21.8. The monoisotopic (exact) mass is 492 g/mol. The van der Waals surface area contributed by atoms with Crippen molar-refractivity contribution >= 4 is 22.0 Å². The number of ether oxygens (including phenoxy) is 2. The van der Waals surface area contributed by atoms with E-state index in [1.165, 1.54) is 48.8 Å². The minimum absolute atomic E-state index is 0.0991. The van der Waals surface area contributed by atoms with Gasteiger partial charge in [0.15, 0.2) is 0 Å². The average Bonchev–Trinajstić information content (AvgIpc) is 3.56. The fraction of sp³-hybridized carbons (Fsp3) is 0.720. The molecule has 0 bridgehead atoms. The van der Waals surface area contributed by atoms with Gasteiger partial charge >= 0.3 is 6.09 Å². The third-order valence-corrected chi connectivity index (χ3v) is 7.59. The average molecular weight is 493 g/mol. The Bertz CT molecular complexity index is 744. The highest BCUT2D eigenvalue weighted by Gasteiger charge is 2.32. The molecule has 0 radical (unpaired) electrons. The minimum atomic E-state index is -0.0991. The molecule has 5 nitrogen and oxygen atoms in total. The third kappa shape index (κ3) is 6.85. The molecule has 0 aromatic heterocycles. The number of hydrogen-bond acceptors (Lipinski definition) is 4. The highest BCUT2D eigenvalue weighted by atomic mass is 79.9. The third-order valence-electron chi connectivity index (χ3n) is 6.81. The Morgan fingerprint density at radius 2 is 1.90 bits per heavy atom. The van der Waals surface area contributed by atoms with E-state index in [0.717, 1.165) is 50.1 Å². The molecule has 3 fully saturated rings. The number of rotatable bonds is 9. The van der Waals surface area contributed by atoms with Crippen molar-refractivity contribution in [1.29, 1.82) is 0 Å². The number of carbonyl (C=O) groups excluding carboxylic acids is 1. The number of benzene rings is 1. The van der Waals surface area contributed by atoms with Crippen molar-refractivity contribution in [3.8, 4) is 5.75 Å². The van der Waals surface area contributed by atoms with Crippen LogP contribution in [0.25, 0.3) is 0 Å². The Kier molecular flexibility index (Phi) is 7.81. The molecule has 1 aromatic carbocycles. The Morgan fingerprint density at radius 1 is 1.13 bits per heavy atom. The van der Waals surface area contributed by atoms with Gasteiger partial charge in [-0.2, -0.15) is 0 Å². The van der Waals surface area contributed by atoms with Crippen molar-refractivity contribution in [3.05, 3.63) is 28.2 Å². The van der Waals surface area contributed by atoms with Crippen LogP contribution in [0.5, 0.6) is 5.75 Å². The molecular weight excluding hydrogens is 456 g/mol. The van der Waals surface area contributed by atoms with Gasteiger partial charge in [-0.15, -0.1) is 0 Å². The molecule has 1 unspecified atom stereocenters. The predicted octanol–water partition coefficient (Wildman–Crippen LogP) is 5.36. The van der Waals surface area contributed by atoms with E-state index in [-0.39, 0.29) is 12.2 Å². The summed E-state index contributed by atoms with van der Waals surface area (Å²) < 4.78 is 12.5. The second kappa shape index (κ2) is 10.6. The molecular formula is C25H37BrN2O3. The molecule has 0 N–H and O–H groups in total. The molecule has 1 aromatic rings. The van der Waals surface area contributed by atoms with E-state index in [1.54, 1.807) is 0 Å². The predicted molar refractivity (Wildman–Crippen MR) is 127 cm³/mol. The molecule has 0 spiro atoms. The van der Waals surface area contributed by atoms with Crippen LogP contribution in [0.15, 0.2) is 22.7 Å². The topological polar surface area (TPSA) is 42.0 Å². The van der Waals surface area contributed by atoms with Crippen LogP contribution in [-0.2, 0) is 11.2 Å². The molecule has 1 aliphatic carbocycles. The minimum Gasteiger partial charge on any atom is -0.491 e. The van der Waals surface area contributed by atoms with Gasteiger partial charge in [0.1, 0.15) is 5.75 Å². The van der Waals surface area contributed by atoms with E-state index in [4.69, 9.17) is 9.47 Å². The van der Waals surface area contributed by atoms with Crippen molar-refractivity contribution < 1.29 is 14.3 Å². The van der Waals surface area contributed by atoms with E-state index in [0.29, 0.717) is 12.5 Å². The molecule has 4 rings (SSSR count). The van der Waals surface area contributed by atoms with E-state index in [1.807, 2.05) is 11.0 Å². The lowest BCUT2D eigenvalue weighted by Crippen LogP contribution is -2.45. The summed E-state index contributed by atoms with van der Waals surface area (Å²) in [6.45, 7) is 9.98. The molecule has 172 valence electrons. The molecule has 1 amide bonds. The van der Waals surface area contributed by atoms with Crippen LogP contribution in [0.3, 0.4) is 0 Å². The first-order valence-electron chi connectivity index (χ1n) is 12.1. The number of piperidine rings is 1. The molecule has 2 heterocycles. The number of cyclic esters (lactones) is 1. The number of carbonyl (C=O) groups is 1. The van der Waals surface area contributed by atoms with Gasteiger partial charge in [0.05, 0.1) is 12.7 Å². The standard InChI is InChI=1S/C25H37BrN2O3/c1-18(2)31-23-5-6-24(26)22(14-23)13-19-7-10-27(11-8-19)12-9-21-16-28(15-20-3-4-20)25(29)30-17-21/h5-6,14,18-21H,3-4,7-13,15-17H2,1-2H3. The Morgan fingerprint density at radius 3 is 2.61 bits per heavy atom. The summed E-state index contributed by atoms with van der Waals surface area (Å²) in [7, 11) is 0. The van der Waals surface area contributed by atoms with E-state index >= 15 is 0 Å². The summed E-state index contributed by atoms with van der Waals surface area (Å²) in [4.78, 5) is 16.5. The van der Waals surface area contributed by atoms with Gasteiger partial charge in [-0.3, -0.25) is 0 Å². The molecule has 3 aliphatic rings. The molecule has 2 aliphatic heterocycles. The van der Waals surface area contributed by atoms with Crippen LogP contribution in [0.2, 0.25) is 0 Å². The number of hydrogen-bond donors (Lipinski definition) is 0. The largest absolute Gasteiger partial charge is 0.491 e. The SMILES string of the molecule is CC(C)Oc1ccc(Br)c(CC2CCN(CCC3COC(=O)N(CC4CC4)C3)CC2)c1. The van der Waals surface area contributed by atoms with Gasteiger partial charge in [0.25, 0.3) is 0 Å². The maximum Gasteiger partial charge on any atom is 0.409 e. The lowest BCUT2D eigenvalue weighted by molar-refractivity contribution is 0.0346. The van der Waals surface area contributed by atoms with E-state index < -0.39 is 0 Å². The maximum absolute atomic E-state index is 12.0. The van der Waals surface area contributed by atoms with Crippen LogP contribution in [0.1, 0.15) is 51.5 Å². The van der Waals surface area contributed by atoms with Crippen molar-refractivity contribution in [1.82, 2.24) is 9.80 Å². The zero-order valence-corrected chi connectivity index (χ0v) is 20.6. The number of nitrogens with zero attached hydrogens (tertiary/aromatic N) is 2. The summed E-state index contributed by atoms with van der Waals surface area (Å²) in [6, 6.07) is 6.37. The van der Waals surface area contributed by atoms with Crippen LogP contribution >= 0.6 is 15.9 Å². The van der Waals surface area contributed by atoms with E-state index in [9.17, 15) is 4.79 Å². The van der Waals surface area contributed by atoms with Crippen molar-refractivity contribution in [3.63, 3.8) is 0 Å². The van der Waals surface area contributed by atoms with Crippen LogP contribution in [-0.4, -0.2) is 61.3 Å². The van der Waals surface area contributed by atoms with Gasteiger partial charge in [-0.25, -0.2) is 4.79 Å². The summed E-state index contributed by atoms with van der Waals surface area (Å²) in [5.74, 6) is 2.90. The van der Waals surface area contributed by atoms with Gasteiger partial charge in [0, 0.05) is 23.5 Å².